The van der Waals surface area contributed by atoms with Crippen molar-refractivity contribution in [3.05, 3.63) is 20.8 Å². The van der Waals surface area contributed by atoms with Gasteiger partial charge in [-0.25, -0.2) is 0 Å². The maximum Gasteiger partial charge on any atom is 0.0587 e. The Labute approximate surface area is 127 Å². The quantitative estimate of drug-likeness (QED) is 0.768. The summed E-state index contributed by atoms with van der Waals surface area (Å²) >= 11 is 5.49. The van der Waals surface area contributed by atoms with Crippen LogP contribution in [0.2, 0.25) is 0 Å². The highest BCUT2D eigenvalue weighted by Crippen LogP contribution is 2.37. The first-order valence-corrected chi connectivity index (χ1v) is 8.42. The molecule has 108 valence electrons. The fraction of sp³-hybridized carbons (Fsp3) is 0.714. The third-order valence-corrected chi connectivity index (χ3v) is 5.69. The van der Waals surface area contributed by atoms with E-state index in [-0.39, 0.29) is 0 Å². The van der Waals surface area contributed by atoms with Crippen LogP contribution in [0.1, 0.15) is 17.7 Å². The molecule has 1 aromatic rings. The second kappa shape index (κ2) is 7.74. The molecule has 5 heteroatoms. The van der Waals surface area contributed by atoms with E-state index in [0.29, 0.717) is 5.41 Å². The highest BCUT2D eigenvalue weighted by molar-refractivity contribution is 9.10. The monoisotopic (exact) mass is 347 g/mol. The van der Waals surface area contributed by atoms with Crippen molar-refractivity contribution in [2.24, 2.45) is 5.41 Å². The molecule has 0 saturated carbocycles. The second-order valence-corrected chi connectivity index (χ2v) is 7.01. The number of nitrogens with one attached hydrogen (secondary N) is 1. The molecule has 0 bridgehead atoms. The summed E-state index contributed by atoms with van der Waals surface area (Å²) < 4.78 is 11.9. The third kappa shape index (κ3) is 4.53. The minimum atomic E-state index is 0.333. The van der Waals surface area contributed by atoms with Crippen molar-refractivity contribution in [3.8, 4) is 0 Å². The molecule has 19 heavy (non-hydrogen) atoms. The zero-order chi connectivity index (χ0) is 13.6. The molecule has 1 saturated heterocycles. The van der Waals surface area contributed by atoms with Gasteiger partial charge >= 0.3 is 0 Å². The van der Waals surface area contributed by atoms with E-state index in [4.69, 9.17) is 9.47 Å². The van der Waals surface area contributed by atoms with Gasteiger partial charge in [0.15, 0.2) is 0 Å². The lowest BCUT2D eigenvalue weighted by atomic mass is 9.76. The largest absolute Gasteiger partial charge is 0.383 e. The highest BCUT2D eigenvalue weighted by atomic mass is 79.9. The van der Waals surface area contributed by atoms with E-state index >= 15 is 0 Å². The summed E-state index contributed by atoms with van der Waals surface area (Å²) in [6, 6.07) is 2.14. The molecule has 0 radical (unpaired) electrons. The van der Waals surface area contributed by atoms with Crippen molar-refractivity contribution >= 4 is 27.3 Å². The summed E-state index contributed by atoms with van der Waals surface area (Å²) in [6.07, 6.45) is 3.41. The van der Waals surface area contributed by atoms with Crippen molar-refractivity contribution in [1.82, 2.24) is 5.32 Å². The number of halogens is 1. The van der Waals surface area contributed by atoms with Gasteiger partial charge in [-0.2, -0.15) is 0 Å². The van der Waals surface area contributed by atoms with E-state index in [0.717, 1.165) is 52.2 Å². The molecular formula is C14H22BrNO2S. The molecule has 0 unspecified atom stereocenters. The summed E-state index contributed by atoms with van der Waals surface area (Å²) in [6.45, 7) is 4.51. The summed E-state index contributed by atoms with van der Waals surface area (Å²) in [5.41, 5.74) is 0.333. The molecule has 2 heterocycles. The number of rotatable bonds is 7. The summed E-state index contributed by atoms with van der Waals surface area (Å²) in [5.74, 6) is 0. The molecule has 1 aliphatic rings. The Balaban J connectivity index is 1.96. The Morgan fingerprint density at radius 1 is 1.47 bits per heavy atom. The first-order valence-electron chi connectivity index (χ1n) is 6.75. The molecule has 3 nitrogen and oxygen atoms in total. The van der Waals surface area contributed by atoms with E-state index in [1.165, 1.54) is 9.35 Å². The molecule has 0 amide bonds. The molecular weight excluding hydrogens is 326 g/mol. The van der Waals surface area contributed by atoms with Gasteiger partial charge in [-0.05, 0) is 52.1 Å². The van der Waals surface area contributed by atoms with Gasteiger partial charge in [0.25, 0.3) is 0 Å². The summed E-state index contributed by atoms with van der Waals surface area (Å²) in [5, 5.41) is 5.70. The average Bonchev–Trinajstić information content (AvgIpc) is 2.81. The molecule has 0 aliphatic carbocycles. The molecule has 2 rings (SSSR count). The van der Waals surface area contributed by atoms with Gasteiger partial charge in [0.05, 0.1) is 6.61 Å². The zero-order valence-electron chi connectivity index (χ0n) is 11.4. The number of thiophene rings is 1. The summed E-state index contributed by atoms with van der Waals surface area (Å²) in [7, 11) is 1.74. The van der Waals surface area contributed by atoms with Crippen molar-refractivity contribution in [2.45, 2.75) is 19.3 Å². The number of methoxy groups -OCH3 is 1. The Morgan fingerprint density at radius 3 is 2.89 bits per heavy atom. The van der Waals surface area contributed by atoms with Crippen LogP contribution in [0.4, 0.5) is 0 Å². The Hall–Kier alpha value is 0.0600. The van der Waals surface area contributed by atoms with Crippen molar-refractivity contribution in [2.75, 3.05) is 40.0 Å². The van der Waals surface area contributed by atoms with Gasteiger partial charge in [-0.1, -0.05) is 0 Å². The standard InChI is InChI=1S/C14H22BrNO2S/c1-17-8-5-16-11-14(3-6-18-7-4-14)10-13-12(15)2-9-19-13/h2,9,16H,3-8,10-11H2,1H3. The molecule has 1 N–H and O–H groups in total. The number of hydrogen-bond acceptors (Lipinski definition) is 4. The van der Waals surface area contributed by atoms with Gasteiger partial charge < -0.3 is 14.8 Å². The van der Waals surface area contributed by atoms with Gasteiger partial charge in [0.1, 0.15) is 0 Å². The SMILES string of the molecule is COCCNCC1(Cc2sccc2Br)CCOCC1. The van der Waals surface area contributed by atoms with E-state index in [2.05, 4.69) is 32.7 Å². The van der Waals surface area contributed by atoms with E-state index in [1.54, 1.807) is 7.11 Å². The molecule has 0 atom stereocenters. The van der Waals surface area contributed by atoms with Crippen LogP contribution < -0.4 is 5.32 Å². The van der Waals surface area contributed by atoms with Crippen LogP contribution in [-0.4, -0.2) is 40.0 Å². The Kier molecular flexibility index (Phi) is 6.29. The fourth-order valence-electron chi connectivity index (χ4n) is 2.54. The number of hydrogen-bond donors (Lipinski definition) is 1. The summed E-state index contributed by atoms with van der Waals surface area (Å²) in [4.78, 5) is 1.45. The first-order chi connectivity index (χ1) is 9.26. The smallest absolute Gasteiger partial charge is 0.0587 e. The normalized spacial score (nSPS) is 18.6. The molecule has 0 spiro atoms. The van der Waals surface area contributed by atoms with E-state index in [1.807, 2.05) is 11.3 Å². The van der Waals surface area contributed by atoms with Gasteiger partial charge in [-0.15, -0.1) is 11.3 Å². The van der Waals surface area contributed by atoms with Crippen LogP contribution in [0.3, 0.4) is 0 Å². The zero-order valence-corrected chi connectivity index (χ0v) is 13.8. The fourth-order valence-corrected chi connectivity index (χ4v) is 4.21. The lowest BCUT2D eigenvalue weighted by Crippen LogP contribution is -2.41. The predicted octanol–water partition coefficient (Wildman–Crippen LogP) is 3.09. The van der Waals surface area contributed by atoms with Gasteiger partial charge in [0, 0.05) is 42.8 Å². The van der Waals surface area contributed by atoms with Crippen LogP contribution in [0.15, 0.2) is 15.9 Å². The van der Waals surface area contributed by atoms with Crippen LogP contribution in [0.5, 0.6) is 0 Å². The predicted molar refractivity (Wildman–Crippen MR) is 83.0 cm³/mol. The average molecular weight is 348 g/mol. The van der Waals surface area contributed by atoms with Crippen molar-refractivity contribution in [1.29, 1.82) is 0 Å². The topological polar surface area (TPSA) is 30.5 Å². The minimum Gasteiger partial charge on any atom is -0.383 e. The van der Waals surface area contributed by atoms with Crippen LogP contribution in [0, 0.1) is 5.41 Å². The molecule has 1 aromatic heterocycles. The lowest BCUT2D eigenvalue weighted by Gasteiger charge is -2.37. The molecule has 1 fully saturated rings. The highest BCUT2D eigenvalue weighted by Gasteiger charge is 2.33. The number of ether oxygens (including phenoxy) is 2. The third-order valence-electron chi connectivity index (χ3n) is 3.76. The maximum absolute atomic E-state index is 5.54. The van der Waals surface area contributed by atoms with Gasteiger partial charge in [-0.3, -0.25) is 0 Å². The second-order valence-electron chi connectivity index (χ2n) is 5.15. The van der Waals surface area contributed by atoms with Gasteiger partial charge in [0.2, 0.25) is 0 Å². The van der Waals surface area contributed by atoms with Crippen molar-refractivity contribution in [3.63, 3.8) is 0 Å². The molecule has 1 aliphatic heterocycles. The van der Waals surface area contributed by atoms with Crippen molar-refractivity contribution < 1.29 is 9.47 Å². The van der Waals surface area contributed by atoms with Crippen LogP contribution in [-0.2, 0) is 15.9 Å². The van der Waals surface area contributed by atoms with E-state index < -0.39 is 0 Å². The first kappa shape index (κ1) is 15.4. The Bertz CT molecular complexity index is 377. The van der Waals surface area contributed by atoms with Crippen LogP contribution >= 0.6 is 27.3 Å². The van der Waals surface area contributed by atoms with Crippen LogP contribution in [0.25, 0.3) is 0 Å². The van der Waals surface area contributed by atoms with E-state index in [9.17, 15) is 0 Å². The molecule has 0 aromatic carbocycles. The lowest BCUT2D eigenvalue weighted by molar-refractivity contribution is 0.0146. The Morgan fingerprint density at radius 2 is 2.26 bits per heavy atom. The minimum absolute atomic E-state index is 0.333. The maximum atomic E-state index is 5.54.